The van der Waals surface area contributed by atoms with Gasteiger partial charge in [0.1, 0.15) is 5.82 Å². The van der Waals surface area contributed by atoms with Gasteiger partial charge in [0.05, 0.1) is 6.04 Å². The minimum Gasteiger partial charge on any atom is -0.370 e. The van der Waals surface area contributed by atoms with E-state index in [2.05, 4.69) is 27.7 Å². The number of carbonyl (C=O) groups excluding carboxylic acids is 2. The first-order valence-electron chi connectivity index (χ1n) is 11.9. The van der Waals surface area contributed by atoms with Gasteiger partial charge in [-0.15, -0.1) is 0 Å². The number of benzene rings is 1. The molecule has 2 aliphatic rings. The van der Waals surface area contributed by atoms with E-state index in [1.54, 1.807) is 6.92 Å². The second-order valence-electron chi connectivity index (χ2n) is 9.00. The van der Waals surface area contributed by atoms with Gasteiger partial charge in [-0.2, -0.15) is 0 Å². The van der Waals surface area contributed by atoms with Crippen LogP contribution >= 0.6 is 0 Å². The van der Waals surface area contributed by atoms with Crippen molar-refractivity contribution in [2.75, 3.05) is 25.0 Å². The third-order valence-electron chi connectivity index (χ3n) is 6.55. The molecule has 32 heavy (non-hydrogen) atoms. The van der Waals surface area contributed by atoms with Crippen LogP contribution < -0.4 is 10.6 Å². The SMILES string of the molecule is CC(=O)[C@H](c1ccccc1)N1CCC(NC(=O)CCCc2ccc3c(n2)NCCC3)CC1. The van der Waals surface area contributed by atoms with E-state index in [-0.39, 0.29) is 23.8 Å². The number of fused-ring (bicyclic) bond motifs is 1. The maximum Gasteiger partial charge on any atom is 0.220 e. The molecule has 2 aromatic rings. The lowest BCUT2D eigenvalue weighted by Crippen LogP contribution is -2.46. The number of aryl methyl sites for hydroxylation is 2. The second kappa shape index (κ2) is 10.7. The van der Waals surface area contributed by atoms with Crippen LogP contribution in [0.4, 0.5) is 5.82 Å². The molecule has 1 amide bonds. The fourth-order valence-corrected chi connectivity index (χ4v) is 4.88. The Morgan fingerprint density at radius 3 is 2.69 bits per heavy atom. The van der Waals surface area contributed by atoms with Gasteiger partial charge in [0, 0.05) is 37.8 Å². The highest BCUT2D eigenvalue weighted by Gasteiger charge is 2.29. The van der Waals surface area contributed by atoms with Crippen LogP contribution in [0.5, 0.6) is 0 Å². The van der Waals surface area contributed by atoms with Crippen LogP contribution in [0.1, 0.15) is 61.9 Å². The third-order valence-corrected chi connectivity index (χ3v) is 6.55. The van der Waals surface area contributed by atoms with Crippen molar-refractivity contribution in [2.24, 2.45) is 0 Å². The number of aromatic nitrogens is 1. The van der Waals surface area contributed by atoms with Gasteiger partial charge in [-0.05, 0) is 62.6 Å². The Labute approximate surface area is 190 Å². The molecular weight excluding hydrogens is 400 g/mol. The summed E-state index contributed by atoms with van der Waals surface area (Å²) in [6.45, 7) is 4.29. The predicted molar refractivity (Wildman–Crippen MR) is 127 cm³/mol. The topological polar surface area (TPSA) is 74.3 Å². The van der Waals surface area contributed by atoms with Crippen molar-refractivity contribution in [1.29, 1.82) is 0 Å². The summed E-state index contributed by atoms with van der Waals surface area (Å²) in [5, 5.41) is 6.57. The van der Waals surface area contributed by atoms with Crippen molar-refractivity contribution in [2.45, 2.75) is 64.0 Å². The fraction of sp³-hybridized carbons (Fsp3) is 0.500. The number of ketones is 1. The van der Waals surface area contributed by atoms with Gasteiger partial charge in [-0.25, -0.2) is 4.98 Å². The zero-order valence-electron chi connectivity index (χ0n) is 19.0. The summed E-state index contributed by atoms with van der Waals surface area (Å²) in [7, 11) is 0. The number of likely N-dealkylation sites (tertiary alicyclic amines) is 1. The summed E-state index contributed by atoms with van der Waals surface area (Å²) in [6.07, 6.45) is 6.15. The monoisotopic (exact) mass is 434 g/mol. The Hall–Kier alpha value is -2.73. The molecule has 2 N–H and O–H groups in total. The number of carbonyl (C=O) groups is 2. The molecule has 0 unspecified atom stereocenters. The maximum atomic E-state index is 12.5. The van der Waals surface area contributed by atoms with Crippen molar-refractivity contribution in [3.8, 4) is 0 Å². The number of nitrogens with one attached hydrogen (secondary N) is 2. The normalized spacial score (nSPS) is 17.8. The smallest absolute Gasteiger partial charge is 0.220 e. The van der Waals surface area contributed by atoms with E-state index >= 15 is 0 Å². The Balaban J connectivity index is 1.20. The quantitative estimate of drug-likeness (QED) is 0.663. The van der Waals surface area contributed by atoms with Crippen molar-refractivity contribution in [3.05, 3.63) is 59.3 Å². The molecule has 1 atom stereocenters. The third kappa shape index (κ3) is 5.74. The molecule has 4 rings (SSSR count). The molecular formula is C26H34N4O2. The van der Waals surface area contributed by atoms with Gasteiger partial charge in [0.2, 0.25) is 5.91 Å². The van der Waals surface area contributed by atoms with Crippen LogP contribution in [0.2, 0.25) is 0 Å². The average molecular weight is 435 g/mol. The molecule has 2 aliphatic heterocycles. The minimum absolute atomic E-state index is 0.116. The molecule has 1 aromatic carbocycles. The Morgan fingerprint density at radius 2 is 1.94 bits per heavy atom. The minimum atomic E-state index is -0.188. The van der Waals surface area contributed by atoms with Crippen molar-refractivity contribution < 1.29 is 9.59 Å². The lowest BCUT2D eigenvalue weighted by Gasteiger charge is -2.37. The number of hydrogen-bond acceptors (Lipinski definition) is 5. The van der Waals surface area contributed by atoms with Crippen LogP contribution in [0, 0.1) is 0 Å². The van der Waals surface area contributed by atoms with Gasteiger partial charge in [0.25, 0.3) is 0 Å². The molecule has 0 saturated carbocycles. The summed E-state index contributed by atoms with van der Waals surface area (Å²) in [4.78, 5) is 31.7. The number of Topliss-reactive ketones (excluding diaryl/α,β-unsaturated/α-hetero) is 1. The zero-order valence-corrected chi connectivity index (χ0v) is 19.0. The van der Waals surface area contributed by atoms with E-state index in [9.17, 15) is 9.59 Å². The number of rotatable bonds is 8. The second-order valence-corrected chi connectivity index (χ2v) is 9.00. The molecule has 6 nitrogen and oxygen atoms in total. The Morgan fingerprint density at radius 1 is 1.16 bits per heavy atom. The number of pyridine rings is 1. The first-order valence-corrected chi connectivity index (χ1v) is 11.9. The van der Waals surface area contributed by atoms with E-state index in [1.165, 1.54) is 5.56 Å². The maximum absolute atomic E-state index is 12.5. The summed E-state index contributed by atoms with van der Waals surface area (Å²) in [5.41, 5.74) is 3.40. The first kappa shape index (κ1) is 22.5. The highest BCUT2D eigenvalue weighted by atomic mass is 16.1. The lowest BCUT2D eigenvalue weighted by molar-refractivity contribution is -0.124. The summed E-state index contributed by atoms with van der Waals surface area (Å²) < 4.78 is 0. The molecule has 170 valence electrons. The molecule has 0 spiro atoms. The molecule has 1 saturated heterocycles. The van der Waals surface area contributed by atoms with Gasteiger partial charge < -0.3 is 10.6 Å². The van der Waals surface area contributed by atoms with Crippen LogP contribution in [-0.2, 0) is 22.4 Å². The highest BCUT2D eigenvalue weighted by Crippen LogP contribution is 2.26. The predicted octanol–water partition coefficient (Wildman–Crippen LogP) is 3.67. The summed E-state index contributed by atoms with van der Waals surface area (Å²) in [6, 6.07) is 14.2. The molecule has 1 aromatic heterocycles. The largest absolute Gasteiger partial charge is 0.370 e. The van der Waals surface area contributed by atoms with Crippen LogP contribution in [-0.4, -0.2) is 47.3 Å². The van der Waals surface area contributed by atoms with Gasteiger partial charge >= 0.3 is 0 Å². The highest BCUT2D eigenvalue weighted by molar-refractivity contribution is 5.83. The Bertz CT molecular complexity index is 923. The van der Waals surface area contributed by atoms with E-state index in [0.717, 1.165) is 75.2 Å². The number of amides is 1. The standard InChI is InChI=1S/C26H34N4O2/c1-19(31)25(20-7-3-2-4-8-20)30-17-14-23(15-18-30)28-24(32)11-5-10-22-13-12-21-9-6-16-27-26(21)29-22/h2-4,7-8,12-13,23,25H,5-6,9-11,14-18H2,1H3,(H,27,29)(H,28,32)/t25-/m1/s1. The van der Waals surface area contributed by atoms with E-state index in [4.69, 9.17) is 4.98 Å². The van der Waals surface area contributed by atoms with E-state index < -0.39 is 0 Å². The number of nitrogens with zero attached hydrogens (tertiary/aromatic N) is 2. The lowest BCUT2D eigenvalue weighted by atomic mass is 9.97. The van der Waals surface area contributed by atoms with Crippen LogP contribution in [0.25, 0.3) is 0 Å². The molecule has 3 heterocycles. The molecule has 0 bridgehead atoms. The number of piperidine rings is 1. The first-order chi connectivity index (χ1) is 15.6. The number of anilines is 1. The molecule has 0 aliphatic carbocycles. The Kier molecular flexibility index (Phi) is 7.53. The summed E-state index contributed by atoms with van der Waals surface area (Å²) in [5.74, 6) is 1.31. The fourth-order valence-electron chi connectivity index (χ4n) is 4.88. The number of hydrogen-bond donors (Lipinski definition) is 2. The van der Waals surface area contributed by atoms with Gasteiger partial charge in [0.15, 0.2) is 5.78 Å². The van der Waals surface area contributed by atoms with Crippen molar-refractivity contribution in [3.63, 3.8) is 0 Å². The van der Waals surface area contributed by atoms with Crippen molar-refractivity contribution >= 4 is 17.5 Å². The summed E-state index contributed by atoms with van der Waals surface area (Å²) >= 11 is 0. The van der Waals surface area contributed by atoms with Crippen LogP contribution in [0.15, 0.2) is 42.5 Å². The van der Waals surface area contributed by atoms with E-state index in [0.29, 0.717) is 6.42 Å². The zero-order chi connectivity index (χ0) is 22.3. The molecule has 6 heteroatoms. The van der Waals surface area contributed by atoms with Gasteiger partial charge in [-0.1, -0.05) is 36.4 Å². The average Bonchev–Trinajstić information content (AvgIpc) is 2.81. The molecule has 1 fully saturated rings. The van der Waals surface area contributed by atoms with Gasteiger partial charge in [-0.3, -0.25) is 14.5 Å². The van der Waals surface area contributed by atoms with Crippen LogP contribution in [0.3, 0.4) is 0 Å². The van der Waals surface area contributed by atoms with Crippen molar-refractivity contribution in [1.82, 2.24) is 15.2 Å². The van der Waals surface area contributed by atoms with E-state index in [1.807, 2.05) is 30.3 Å². The molecule has 0 radical (unpaired) electrons.